The quantitative estimate of drug-likeness (QED) is 0.0859. The Balaban J connectivity index is 1.33. The Hall–Kier alpha value is -5.49. The van der Waals surface area contributed by atoms with Gasteiger partial charge in [0.2, 0.25) is 0 Å². The van der Waals surface area contributed by atoms with Crippen molar-refractivity contribution in [2.75, 3.05) is 13.7 Å². The maximum Gasteiger partial charge on any atom is 0.367 e. The van der Waals surface area contributed by atoms with Crippen LogP contribution in [0.2, 0.25) is 0 Å². The molecule has 5 aromatic carbocycles. The van der Waals surface area contributed by atoms with Crippen molar-refractivity contribution in [2.24, 2.45) is 0 Å². The van der Waals surface area contributed by atoms with Crippen LogP contribution in [-0.2, 0) is 34.2 Å². The van der Waals surface area contributed by atoms with Gasteiger partial charge in [0, 0.05) is 17.4 Å². The fourth-order valence-electron chi connectivity index (χ4n) is 6.94. The lowest BCUT2D eigenvalue weighted by molar-refractivity contribution is -0.192. The predicted molar refractivity (Wildman–Crippen MR) is 165 cm³/mol. The van der Waals surface area contributed by atoms with Gasteiger partial charge in [-0.15, -0.1) is 0 Å². The van der Waals surface area contributed by atoms with Gasteiger partial charge in [0.1, 0.15) is 6.61 Å². The van der Waals surface area contributed by atoms with Gasteiger partial charge in [-0.3, -0.25) is 4.79 Å². The van der Waals surface area contributed by atoms with E-state index in [2.05, 4.69) is 12.1 Å². The fourth-order valence-corrected chi connectivity index (χ4v) is 6.94. The first-order valence-corrected chi connectivity index (χ1v) is 14.4. The summed E-state index contributed by atoms with van der Waals surface area (Å²) >= 11 is 0. The van der Waals surface area contributed by atoms with Crippen LogP contribution in [-0.4, -0.2) is 32.1 Å². The molecule has 0 bridgehead atoms. The minimum Gasteiger partial charge on any atom is -0.465 e. The number of methoxy groups -OCH3 is 1. The van der Waals surface area contributed by atoms with E-state index in [1.165, 1.54) is 0 Å². The summed E-state index contributed by atoms with van der Waals surface area (Å²) in [5.74, 6) is -2.67. The van der Waals surface area contributed by atoms with Crippen LogP contribution in [0.5, 0.6) is 0 Å². The van der Waals surface area contributed by atoms with Crippen molar-refractivity contribution in [1.29, 1.82) is 0 Å². The van der Waals surface area contributed by atoms with Crippen LogP contribution in [0.15, 0.2) is 121 Å². The Kier molecular flexibility index (Phi) is 6.82. The number of benzene rings is 5. The third-order valence-corrected chi connectivity index (χ3v) is 8.81. The van der Waals surface area contributed by atoms with Crippen molar-refractivity contribution < 1.29 is 28.6 Å². The molecule has 0 saturated heterocycles. The van der Waals surface area contributed by atoms with Crippen molar-refractivity contribution in [2.45, 2.75) is 17.4 Å². The minimum atomic E-state index is -2.49. The summed E-state index contributed by atoms with van der Waals surface area (Å²) in [6, 6.07) is 39.0. The molecule has 1 atom stereocenters. The van der Waals surface area contributed by atoms with Gasteiger partial charge < -0.3 is 14.2 Å². The number of esters is 2. The van der Waals surface area contributed by atoms with E-state index in [1.807, 2.05) is 97.1 Å². The van der Waals surface area contributed by atoms with E-state index in [0.29, 0.717) is 5.56 Å². The third kappa shape index (κ3) is 4.06. The van der Waals surface area contributed by atoms with E-state index >= 15 is 0 Å². The second-order valence-electron chi connectivity index (χ2n) is 10.9. The minimum absolute atomic E-state index is 0.0644. The predicted octanol–water partition coefficient (Wildman–Crippen LogP) is 6.74. The molecule has 216 valence electrons. The maximum absolute atomic E-state index is 14.3. The molecule has 1 unspecified atom stereocenters. The molecule has 0 radical (unpaired) electrons. The number of carbonyl (C=O) groups is 3. The van der Waals surface area contributed by atoms with Crippen LogP contribution in [0.25, 0.3) is 22.3 Å². The van der Waals surface area contributed by atoms with Crippen molar-refractivity contribution in [3.05, 3.63) is 155 Å². The van der Waals surface area contributed by atoms with Crippen LogP contribution in [0.1, 0.15) is 45.2 Å². The second-order valence-corrected chi connectivity index (χ2v) is 10.9. The number of hydrogen-bond acceptors (Lipinski definition) is 6. The highest BCUT2D eigenvalue weighted by Gasteiger charge is 2.56. The lowest BCUT2D eigenvalue weighted by atomic mass is 9.80. The summed E-state index contributed by atoms with van der Waals surface area (Å²) in [6.07, 6.45) is 0. The number of hydrogen-bond donors (Lipinski definition) is 0. The number of carbonyl (C=O) groups excluding carboxylic acids is 3. The largest absolute Gasteiger partial charge is 0.465 e. The highest BCUT2D eigenvalue weighted by atomic mass is 16.6. The molecule has 2 aliphatic carbocycles. The fraction of sp³-hybridized carbons (Fsp3) is 0.132. The van der Waals surface area contributed by atoms with E-state index < -0.39 is 17.5 Å². The van der Waals surface area contributed by atoms with Crippen LogP contribution in [0.3, 0.4) is 0 Å². The Morgan fingerprint density at radius 2 is 1.05 bits per heavy atom. The monoisotopic (exact) mass is 580 g/mol. The van der Waals surface area contributed by atoms with Crippen molar-refractivity contribution in [3.8, 4) is 22.3 Å². The van der Waals surface area contributed by atoms with Crippen molar-refractivity contribution >= 4 is 18.4 Å². The molecule has 0 aliphatic heterocycles. The summed E-state index contributed by atoms with van der Waals surface area (Å²) in [5, 5.41) is 0. The summed E-state index contributed by atoms with van der Waals surface area (Å²) in [5.41, 5.74) is 6.63. The first-order valence-electron chi connectivity index (χ1n) is 14.4. The molecule has 0 N–H and O–H groups in total. The molecule has 0 saturated carbocycles. The zero-order valence-corrected chi connectivity index (χ0v) is 23.9. The lowest BCUT2D eigenvalue weighted by Crippen LogP contribution is -2.49. The molecule has 44 heavy (non-hydrogen) atoms. The first kappa shape index (κ1) is 27.3. The second kappa shape index (κ2) is 11.0. The SMILES string of the molecule is COC(=O)C(OC=O)(C(=O)OCC1c2ccccc2-c2ccccc21)c1ccccc1C1c2ccccc2-c2ccccc21. The van der Waals surface area contributed by atoms with Gasteiger partial charge in [0.05, 0.1) is 7.11 Å². The Labute approximate surface area is 254 Å². The molecule has 0 fully saturated rings. The van der Waals surface area contributed by atoms with Gasteiger partial charge >= 0.3 is 17.5 Å². The third-order valence-electron chi connectivity index (χ3n) is 8.81. The summed E-state index contributed by atoms with van der Waals surface area (Å²) in [6.45, 7) is 0.0384. The van der Waals surface area contributed by atoms with Crippen molar-refractivity contribution in [3.63, 3.8) is 0 Å². The molecule has 0 aromatic heterocycles. The van der Waals surface area contributed by atoms with Gasteiger partial charge in [0.25, 0.3) is 6.47 Å². The molecule has 0 spiro atoms. The average Bonchev–Trinajstić information content (AvgIpc) is 3.58. The standard InChI is InChI=1S/C38H28O6/c1-42-36(40)38(44-23-39,37(41)43-22-33-28-16-4-2-12-24(28)25-13-3-5-17-29(25)33)34-21-11-10-20-32(34)35-30-18-8-6-14-26(30)27-15-7-9-19-31(27)35/h2-21,23,33,35H,22H2,1H3. The van der Waals surface area contributed by atoms with E-state index in [9.17, 15) is 14.4 Å². The Morgan fingerprint density at radius 1 is 0.614 bits per heavy atom. The average molecular weight is 581 g/mol. The number of ether oxygens (including phenoxy) is 3. The molecular weight excluding hydrogens is 552 g/mol. The highest BCUT2D eigenvalue weighted by Crippen LogP contribution is 2.50. The van der Waals surface area contributed by atoms with Crippen molar-refractivity contribution in [1.82, 2.24) is 0 Å². The van der Waals surface area contributed by atoms with Gasteiger partial charge in [0.15, 0.2) is 0 Å². The zero-order chi connectivity index (χ0) is 30.3. The molecule has 6 nitrogen and oxygen atoms in total. The molecular formula is C38H28O6. The molecule has 2 aliphatic rings. The van der Waals surface area contributed by atoms with E-state index in [1.54, 1.807) is 12.1 Å². The topological polar surface area (TPSA) is 78.9 Å². The Bertz CT molecular complexity index is 1840. The number of fused-ring (bicyclic) bond motifs is 6. The smallest absolute Gasteiger partial charge is 0.367 e. The van der Waals surface area contributed by atoms with Crippen LogP contribution in [0, 0.1) is 0 Å². The van der Waals surface area contributed by atoms with E-state index in [-0.39, 0.29) is 30.5 Å². The highest BCUT2D eigenvalue weighted by molar-refractivity contribution is 6.06. The van der Waals surface area contributed by atoms with Crippen LogP contribution >= 0.6 is 0 Å². The normalized spacial score (nSPS) is 14.4. The zero-order valence-electron chi connectivity index (χ0n) is 23.9. The van der Waals surface area contributed by atoms with E-state index in [0.717, 1.165) is 51.6 Å². The van der Waals surface area contributed by atoms with Crippen LogP contribution < -0.4 is 0 Å². The first-order chi connectivity index (χ1) is 21.6. The Morgan fingerprint density at radius 3 is 1.55 bits per heavy atom. The summed E-state index contributed by atoms with van der Waals surface area (Å²) in [4.78, 5) is 40.1. The van der Waals surface area contributed by atoms with Gasteiger partial charge in [-0.05, 0) is 50.1 Å². The molecule has 7 rings (SSSR count). The maximum atomic E-state index is 14.3. The van der Waals surface area contributed by atoms with Gasteiger partial charge in [-0.25, -0.2) is 9.59 Å². The summed E-state index contributed by atoms with van der Waals surface area (Å²) < 4.78 is 16.7. The molecule has 0 heterocycles. The molecule has 0 amide bonds. The van der Waals surface area contributed by atoms with E-state index in [4.69, 9.17) is 14.2 Å². The summed E-state index contributed by atoms with van der Waals surface area (Å²) in [7, 11) is 1.16. The van der Waals surface area contributed by atoms with Gasteiger partial charge in [-0.1, -0.05) is 121 Å². The number of rotatable bonds is 8. The van der Waals surface area contributed by atoms with Gasteiger partial charge in [-0.2, -0.15) is 0 Å². The molecule has 6 heteroatoms. The van der Waals surface area contributed by atoms with Crippen LogP contribution in [0.4, 0.5) is 0 Å². The molecule has 5 aromatic rings. The lowest BCUT2D eigenvalue weighted by Gasteiger charge is -2.31.